The molecule has 4 atom stereocenters. The predicted molar refractivity (Wildman–Crippen MR) is 131 cm³/mol. The van der Waals surface area contributed by atoms with E-state index in [9.17, 15) is 13.2 Å². The van der Waals surface area contributed by atoms with Crippen LogP contribution in [0.5, 0.6) is 0 Å². The van der Waals surface area contributed by atoms with Gasteiger partial charge in [-0.05, 0) is 44.5 Å². The highest BCUT2D eigenvalue weighted by atomic mass is 35.6. The van der Waals surface area contributed by atoms with Gasteiger partial charge in [-0.2, -0.15) is 4.31 Å². The predicted octanol–water partition coefficient (Wildman–Crippen LogP) is 4.90. The van der Waals surface area contributed by atoms with Crippen LogP contribution in [0.2, 0.25) is 0 Å². The molecule has 1 aliphatic rings. The Kier molecular flexibility index (Phi) is 8.15. The summed E-state index contributed by atoms with van der Waals surface area (Å²) in [7, 11) is -3.88. The fourth-order valence-corrected chi connectivity index (χ4v) is 5.43. The van der Waals surface area contributed by atoms with E-state index in [-0.39, 0.29) is 4.90 Å². The monoisotopic (exact) mass is 530 g/mol. The summed E-state index contributed by atoms with van der Waals surface area (Å²) < 4.78 is 32.6. The van der Waals surface area contributed by atoms with Crippen LogP contribution in [-0.2, 0) is 19.6 Å². The third-order valence-corrected chi connectivity index (χ3v) is 7.76. The summed E-state index contributed by atoms with van der Waals surface area (Å²) in [5.74, 6) is -0.781. The van der Waals surface area contributed by atoms with E-state index < -0.39 is 44.1 Å². The van der Waals surface area contributed by atoms with Crippen LogP contribution < -0.4 is 5.32 Å². The molecule has 0 aromatic heterocycles. The second-order valence-corrected chi connectivity index (χ2v) is 12.0. The normalized spacial score (nSPS) is 23.0. The topological polar surface area (TPSA) is 75.7 Å². The Morgan fingerprint density at radius 2 is 1.73 bits per heavy atom. The number of ether oxygens (including phenoxy) is 1. The molecule has 1 N–H and O–H groups in total. The van der Waals surface area contributed by atoms with Crippen LogP contribution in [0.1, 0.15) is 31.1 Å². The summed E-state index contributed by atoms with van der Waals surface area (Å²) in [5.41, 5.74) is 1.82. The molecule has 1 amide bonds. The van der Waals surface area contributed by atoms with Gasteiger partial charge in [0.1, 0.15) is 12.3 Å². The highest BCUT2D eigenvalue weighted by molar-refractivity contribution is 7.89. The molecule has 0 saturated carbocycles. The van der Waals surface area contributed by atoms with Crippen LogP contribution in [0.4, 0.5) is 0 Å². The van der Waals surface area contributed by atoms with Crippen molar-refractivity contribution in [3.63, 3.8) is 0 Å². The minimum Gasteiger partial charge on any atom is -0.349 e. The summed E-state index contributed by atoms with van der Waals surface area (Å²) >= 11 is 16.8. The standard InChI is InChI=1S/C23H25Cl3N2O4S/c1-15-9-12-19(13-10-15)33(30,31)28-17(3)21(18-7-5-4-6-8-18)32-20(28)14-11-16(2)27-22(29)23(24,25)26/h4-14,16-17,20-21H,1-3H3,(H,27,29)/b14-11+/t16-,17+,20-,21+/m1/s1. The zero-order valence-electron chi connectivity index (χ0n) is 18.3. The largest absolute Gasteiger partial charge is 0.349 e. The molecule has 33 heavy (non-hydrogen) atoms. The number of nitrogens with one attached hydrogen (secondary N) is 1. The zero-order chi connectivity index (χ0) is 24.4. The Labute approximate surface area is 209 Å². The molecule has 3 rings (SSSR count). The van der Waals surface area contributed by atoms with Gasteiger partial charge in [0.2, 0.25) is 10.0 Å². The average molecular weight is 532 g/mol. The van der Waals surface area contributed by atoms with Crippen molar-refractivity contribution in [1.29, 1.82) is 0 Å². The molecule has 178 valence electrons. The molecule has 10 heteroatoms. The maximum absolute atomic E-state index is 13.6. The van der Waals surface area contributed by atoms with Crippen molar-refractivity contribution in [2.75, 3.05) is 0 Å². The minimum atomic E-state index is -3.88. The first-order valence-corrected chi connectivity index (χ1v) is 12.9. The quantitative estimate of drug-likeness (QED) is 0.425. The Hall–Kier alpha value is -1.61. The van der Waals surface area contributed by atoms with Crippen LogP contribution in [0.25, 0.3) is 0 Å². The Morgan fingerprint density at radius 1 is 1.12 bits per heavy atom. The van der Waals surface area contributed by atoms with Crippen molar-refractivity contribution in [3.8, 4) is 0 Å². The van der Waals surface area contributed by atoms with E-state index in [0.717, 1.165) is 11.1 Å². The zero-order valence-corrected chi connectivity index (χ0v) is 21.4. The first-order chi connectivity index (χ1) is 15.4. The molecule has 0 bridgehead atoms. The third-order valence-electron chi connectivity index (χ3n) is 5.28. The second-order valence-electron chi connectivity index (χ2n) is 7.89. The van der Waals surface area contributed by atoms with Gasteiger partial charge in [-0.15, -0.1) is 0 Å². The molecule has 0 spiro atoms. The number of halogens is 3. The number of amides is 1. The van der Waals surface area contributed by atoms with Gasteiger partial charge in [0.25, 0.3) is 9.70 Å². The van der Waals surface area contributed by atoms with Crippen molar-refractivity contribution in [2.24, 2.45) is 0 Å². The first-order valence-electron chi connectivity index (χ1n) is 10.3. The molecule has 0 aliphatic carbocycles. The van der Waals surface area contributed by atoms with E-state index >= 15 is 0 Å². The number of nitrogens with zero attached hydrogens (tertiary/aromatic N) is 1. The van der Waals surface area contributed by atoms with Crippen molar-refractivity contribution in [3.05, 3.63) is 77.9 Å². The fourth-order valence-electron chi connectivity index (χ4n) is 3.61. The SMILES string of the molecule is Cc1ccc(S(=O)(=O)N2[C@@H](/C=C/[C@@H](C)NC(=O)C(Cl)(Cl)Cl)O[C@H](c3ccccc3)[C@@H]2C)cc1. The lowest BCUT2D eigenvalue weighted by atomic mass is 10.0. The number of carbonyl (C=O) groups excluding carboxylic acids is 1. The highest BCUT2D eigenvalue weighted by Gasteiger charge is 2.46. The summed E-state index contributed by atoms with van der Waals surface area (Å²) in [6.45, 7) is 5.38. The lowest BCUT2D eigenvalue weighted by molar-refractivity contribution is -0.120. The minimum absolute atomic E-state index is 0.174. The highest BCUT2D eigenvalue weighted by Crippen LogP contribution is 2.39. The van der Waals surface area contributed by atoms with Gasteiger partial charge in [-0.3, -0.25) is 4.79 Å². The Morgan fingerprint density at radius 3 is 2.30 bits per heavy atom. The molecular weight excluding hydrogens is 507 g/mol. The second kappa shape index (κ2) is 10.3. The smallest absolute Gasteiger partial charge is 0.272 e. The number of sulfonamides is 1. The molecule has 0 unspecified atom stereocenters. The van der Waals surface area contributed by atoms with E-state index in [1.54, 1.807) is 43.3 Å². The van der Waals surface area contributed by atoms with Crippen LogP contribution in [0.3, 0.4) is 0 Å². The van der Waals surface area contributed by atoms with Gasteiger partial charge in [-0.25, -0.2) is 8.42 Å². The van der Waals surface area contributed by atoms with Crippen LogP contribution >= 0.6 is 34.8 Å². The summed E-state index contributed by atoms with van der Waals surface area (Å²) in [5, 5.41) is 2.54. The van der Waals surface area contributed by atoms with Crippen molar-refractivity contribution >= 4 is 50.7 Å². The van der Waals surface area contributed by atoms with Gasteiger partial charge >= 0.3 is 0 Å². The molecule has 1 saturated heterocycles. The summed E-state index contributed by atoms with van der Waals surface area (Å²) in [6, 6.07) is 15.1. The molecule has 2 aromatic carbocycles. The summed E-state index contributed by atoms with van der Waals surface area (Å²) in [4.78, 5) is 12.1. The van der Waals surface area contributed by atoms with Gasteiger partial charge in [0.15, 0.2) is 0 Å². The Bertz CT molecular complexity index is 1100. The number of hydrogen-bond acceptors (Lipinski definition) is 4. The number of hydrogen-bond donors (Lipinski definition) is 1. The molecule has 1 fully saturated rings. The molecule has 0 radical (unpaired) electrons. The van der Waals surface area contributed by atoms with Crippen LogP contribution in [0, 0.1) is 6.92 Å². The van der Waals surface area contributed by atoms with Gasteiger partial charge in [0.05, 0.1) is 10.9 Å². The van der Waals surface area contributed by atoms with Gasteiger partial charge in [-0.1, -0.05) is 88.9 Å². The van der Waals surface area contributed by atoms with Crippen molar-refractivity contribution in [2.45, 2.75) is 53.9 Å². The Balaban J connectivity index is 1.93. The molecule has 6 nitrogen and oxygen atoms in total. The van der Waals surface area contributed by atoms with Gasteiger partial charge < -0.3 is 10.1 Å². The maximum Gasteiger partial charge on any atom is 0.272 e. The molecule has 1 heterocycles. The van der Waals surface area contributed by atoms with Crippen LogP contribution in [-0.4, -0.2) is 40.7 Å². The molecule has 1 aliphatic heterocycles. The maximum atomic E-state index is 13.6. The van der Waals surface area contributed by atoms with Crippen molar-refractivity contribution < 1.29 is 17.9 Å². The van der Waals surface area contributed by atoms with Crippen molar-refractivity contribution in [1.82, 2.24) is 9.62 Å². The van der Waals surface area contributed by atoms with E-state index in [1.807, 2.05) is 44.2 Å². The first kappa shape index (κ1) is 26.0. The van der Waals surface area contributed by atoms with E-state index in [4.69, 9.17) is 39.5 Å². The summed E-state index contributed by atoms with van der Waals surface area (Å²) in [6.07, 6.45) is 1.82. The van der Waals surface area contributed by atoms with E-state index in [0.29, 0.717) is 0 Å². The number of aryl methyl sites for hydroxylation is 1. The fraction of sp³-hybridized carbons (Fsp3) is 0.348. The number of rotatable bonds is 6. The van der Waals surface area contributed by atoms with Gasteiger partial charge in [0, 0.05) is 6.04 Å². The number of alkyl halides is 3. The van der Waals surface area contributed by atoms with Crippen LogP contribution in [0.15, 0.2) is 71.6 Å². The lowest BCUT2D eigenvalue weighted by Gasteiger charge is -2.25. The van der Waals surface area contributed by atoms with E-state index in [1.165, 1.54) is 4.31 Å². The third kappa shape index (κ3) is 6.10. The van der Waals surface area contributed by atoms with E-state index in [2.05, 4.69) is 5.32 Å². The average Bonchev–Trinajstić information content (AvgIpc) is 3.09. The lowest BCUT2D eigenvalue weighted by Crippen LogP contribution is -2.41. The molecule has 2 aromatic rings. The number of carbonyl (C=O) groups is 1. The molecular formula is C23H25Cl3N2O4S. The number of benzene rings is 2.